The zero-order valence-electron chi connectivity index (χ0n) is 16.5. The van der Waals surface area contributed by atoms with Crippen molar-refractivity contribution in [2.45, 2.75) is 19.4 Å². The molecule has 1 atom stereocenters. The van der Waals surface area contributed by atoms with E-state index in [1.54, 1.807) is 31.4 Å². The number of carboxylic acids is 1. The minimum atomic E-state index is -1.36. The number of hydrogen-bond donors (Lipinski definition) is 0. The third kappa shape index (κ3) is 5.01. The number of aliphatic carboxylic acids is 1. The molecule has 1 aliphatic heterocycles. The molecule has 0 radical (unpaired) electrons. The van der Waals surface area contributed by atoms with Crippen LogP contribution in [0.5, 0.6) is 11.5 Å². The predicted octanol–water partition coefficient (Wildman–Crippen LogP) is 2.66. The summed E-state index contributed by atoms with van der Waals surface area (Å²) >= 11 is 6.21. The van der Waals surface area contributed by atoms with Crippen LogP contribution in [-0.4, -0.2) is 40.9 Å². The number of carboxylic acid groups (broad SMARTS) is 1. The van der Waals surface area contributed by atoms with Gasteiger partial charge in [0.2, 0.25) is 0 Å². The van der Waals surface area contributed by atoms with Crippen LogP contribution in [0.1, 0.15) is 18.1 Å². The topological polar surface area (TPSA) is 78.9 Å². The molecule has 1 amide bonds. The van der Waals surface area contributed by atoms with Gasteiger partial charge in [0.1, 0.15) is 4.32 Å². The highest BCUT2D eigenvalue weighted by atomic mass is 32.2. The van der Waals surface area contributed by atoms with Gasteiger partial charge in [0.05, 0.1) is 30.6 Å². The monoisotopic (exact) mass is 442 g/mol. The van der Waals surface area contributed by atoms with Crippen molar-refractivity contribution in [1.82, 2.24) is 4.90 Å². The molecule has 3 rings (SSSR count). The van der Waals surface area contributed by atoms with Gasteiger partial charge >= 0.3 is 0 Å². The van der Waals surface area contributed by atoms with Gasteiger partial charge < -0.3 is 19.4 Å². The van der Waals surface area contributed by atoms with Crippen molar-refractivity contribution in [3.05, 3.63) is 64.6 Å². The van der Waals surface area contributed by atoms with Crippen LogP contribution in [0.25, 0.3) is 6.08 Å². The maximum atomic E-state index is 12.6. The Labute approximate surface area is 184 Å². The number of hydrogen-bond acceptors (Lipinski definition) is 7. The minimum absolute atomic E-state index is 0.191. The van der Waals surface area contributed by atoms with Crippen LogP contribution < -0.4 is 14.6 Å². The number of thioether (sulfide) groups is 1. The number of nitrogens with zero attached hydrogens (tertiary/aromatic N) is 1. The van der Waals surface area contributed by atoms with E-state index >= 15 is 0 Å². The largest absolute Gasteiger partial charge is 0.548 e. The molecule has 0 N–H and O–H groups in total. The van der Waals surface area contributed by atoms with Gasteiger partial charge in [0.25, 0.3) is 5.91 Å². The third-order valence-electron chi connectivity index (χ3n) is 4.53. The highest BCUT2D eigenvalue weighted by Gasteiger charge is 2.35. The lowest BCUT2D eigenvalue weighted by atomic mass is 10.1. The summed E-state index contributed by atoms with van der Waals surface area (Å²) in [5, 5.41) is 11.1. The summed E-state index contributed by atoms with van der Waals surface area (Å²) in [6.45, 7) is 1.87. The number of amides is 1. The number of carbonyl (C=O) groups is 2. The summed E-state index contributed by atoms with van der Waals surface area (Å²) in [4.78, 5) is 25.1. The van der Waals surface area contributed by atoms with Crippen molar-refractivity contribution in [3.63, 3.8) is 0 Å². The average Bonchev–Trinajstić information content (AvgIpc) is 3.01. The Kier molecular flexibility index (Phi) is 7.12. The van der Waals surface area contributed by atoms with Gasteiger partial charge in [-0.15, -0.1) is 0 Å². The maximum absolute atomic E-state index is 12.6. The summed E-state index contributed by atoms with van der Waals surface area (Å²) in [5.74, 6) is -0.672. The van der Waals surface area contributed by atoms with Gasteiger partial charge in [-0.05, 0) is 36.3 Å². The van der Waals surface area contributed by atoms with Crippen LogP contribution >= 0.6 is 24.0 Å². The molecule has 1 saturated heterocycles. The van der Waals surface area contributed by atoms with Crippen LogP contribution in [0.3, 0.4) is 0 Å². The SMILES string of the molecule is COc1cc(C=C2SC(=S)N(C(C)C(=O)[O-])C2=O)ccc1OCCc1ccccc1. The Morgan fingerprint density at radius 2 is 1.97 bits per heavy atom. The molecule has 1 aliphatic rings. The van der Waals surface area contributed by atoms with Gasteiger partial charge in [-0.3, -0.25) is 9.69 Å². The van der Waals surface area contributed by atoms with Crippen LogP contribution in [-0.2, 0) is 16.0 Å². The molecule has 0 saturated carbocycles. The van der Waals surface area contributed by atoms with Crippen LogP contribution in [0.4, 0.5) is 0 Å². The number of rotatable bonds is 8. The molecule has 1 unspecified atom stereocenters. The van der Waals surface area contributed by atoms with Crippen molar-refractivity contribution in [1.29, 1.82) is 0 Å². The van der Waals surface area contributed by atoms with Gasteiger partial charge in [-0.2, -0.15) is 0 Å². The molecule has 2 aromatic rings. The van der Waals surface area contributed by atoms with Gasteiger partial charge in [-0.1, -0.05) is 60.4 Å². The standard InChI is InChI=1S/C22H21NO5S2/c1-14(21(25)26)23-20(24)19(30-22(23)29)13-16-8-9-17(18(12-16)27-2)28-11-10-15-6-4-3-5-7-15/h3-9,12-14H,10-11H2,1-2H3,(H,25,26)/p-1. The number of thiocarbonyl (C=S) groups is 1. The van der Waals surface area contributed by atoms with Crippen molar-refractivity contribution < 1.29 is 24.2 Å². The first-order chi connectivity index (χ1) is 14.4. The van der Waals surface area contributed by atoms with Crippen LogP contribution in [0.15, 0.2) is 53.4 Å². The lowest BCUT2D eigenvalue weighted by molar-refractivity contribution is -0.309. The van der Waals surface area contributed by atoms with Gasteiger partial charge in [0, 0.05) is 6.42 Å². The van der Waals surface area contributed by atoms with E-state index in [1.807, 2.05) is 30.3 Å². The first kappa shape index (κ1) is 21.9. The maximum Gasteiger partial charge on any atom is 0.266 e. The molecule has 0 aliphatic carbocycles. The summed E-state index contributed by atoms with van der Waals surface area (Å²) < 4.78 is 11.5. The zero-order chi connectivity index (χ0) is 21.7. The molecule has 0 bridgehead atoms. The van der Waals surface area contributed by atoms with E-state index < -0.39 is 17.9 Å². The second-order valence-corrected chi connectivity index (χ2v) is 8.22. The normalized spacial score (nSPS) is 16.1. The molecule has 1 heterocycles. The fraction of sp³-hybridized carbons (Fsp3) is 0.227. The minimum Gasteiger partial charge on any atom is -0.548 e. The zero-order valence-corrected chi connectivity index (χ0v) is 18.1. The molecule has 156 valence electrons. The predicted molar refractivity (Wildman–Crippen MR) is 118 cm³/mol. The molecule has 0 aromatic heterocycles. The summed E-state index contributed by atoms with van der Waals surface area (Å²) in [6, 6.07) is 14.2. The second kappa shape index (κ2) is 9.77. The number of carbonyl (C=O) groups excluding carboxylic acids is 2. The van der Waals surface area contributed by atoms with E-state index in [4.69, 9.17) is 21.7 Å². The Bertz CT molecular complexity index is 990. The van der Waals surface area contributed by atoms with E-state index in [1.165, 1.54) is 12.5 Å². The summed E-state index contributed by atoms with van der Waals surface area (Å²) in [5.41, 5.74) is 1.89. The number of ether oxygens (including phenoxy) is 2. The highest BCUT2D eigenvalue weighted by molar-refractivity contribution is 8.26. The van der Waals surface area contributed by atoms with Gasteiger partial charge in [-0.25, -0.2) is 0 Å². The van der Waals surface area contributed by atoms with E-state index in [9.17, 15) is 14.7 Å². The van der Waals surface area contributed by atoms with Crippen molar-refractivity contribution >= 4 is 46.3 Å². The Morgan fingerprint density at radius 1 is 1.23 bits per heavy atom. The Morgan fingerprint density at radius 3 is 2.63 bits per heavy atom. The molecular formula is C22H20NO5S2-. The first-order valence-corrected chi connectivity index (χ1v) is 10.5. The fourth-order valence-corrected chi connectivity index (χ4v) is 4.31. The van der Waals surface area contributed by atoms with Crippen LogP contribution in [0, 0.1) is 0 Å². The second-order valence-electron chi connectivity index (χ2n) is 6.54. The lowest BCUT2D eigenvalue weighted by Gasteiger charge is -2.23. The molecular weight excluding hydrogens is 422 g/mol. The third-order valence-corrected chi connectivity index (χ3v) is 5.86. The molecule has 1 fully saturated rings. The lowest BCUT2D eigenvalue weighted by Crippen LogP contribution is -2.48. The van der Waals surface area contributed by atoms with E-state index in [2.05, 4.69) is 0 Å². The van der Waals surface area contributed by atoms with E-state index in [0.717, 1.165) is 23.1 Å². The van der Waals surface area contributed by atoms with Crippen molar-refractivity contribution in [2.24, 2.45) is 0 Å². The Hall–Kier alpha value is -2.84. The fourth-order valence-electron chi connectivity index (χ4n) is 2.89. The quantitative estimate of drug-likeness (QED) is 0.459. The number of methoxy groups -OCH3 is 1. The molecule has 0 spiro atoms. The molecule has 8 heteroatoms. The Balaban J connectivity index is 1.72. The first-order valence-electron chi connectivity index (χ1n) is 9.23. The smallest absolute Gasteiger partial charge is 0.266 e. The summed E-state index contributed by atoms with van der Waals surface area (Å²) in [6.07, 6.45) is 2.42. The molecule has 30 heavy (non-hydrogen) atoms. The van der Waals surface area contributed by atoms with Crippen LogP contribution in [0.2, 0.25) is 0 Å². The highest BCUT2D eigenvalue weighted by Crippen LogP contribution is 2.35. The van der Waals surface area contributed by atoms with Crippen molar-refractivity contribution in [3.8, 4) is 11.5 Å². The number of benzene rings is 2. The molecule has 6 nitrogen and oxygen atoms in total. The van der Waals surface area contributed by atoms with E-state index in [0.29, 0.717) is 28.6 Å². The average molecular weight is 443 g/mol. The van der Waals surface area contributed by atoms with Crippen molar-refractivity contribution in [2.75, 3.05) is 13.7 Å². The molecule has 2 aromatic carbocycles. The van der Waals surface area contributed by atoms with E-state index in [-0.39, 0.29) is 4.32 Å². The summed E-state index contributed by atoms with van der Waals surface area (Å²) in [7, 11) is 1.55. The van der Waals surface area contributed by atoms with Gasteiger partial charge in [0.15, 0.2) is 11.5 Å².